The average Bonchev–Trinajstić information content (AvgIpc) is 2.40. The zero-order valence-electron chi connectivity index (χ0n) is 10.7. The maximum Gasteiger partial charge on any atom is 0.104 e. The number of aliphatic hydroxyl groups excluding tert-OH is 1. The Morgan fingerprint density at radius 2 is 2.39 bits per heavy atom. The minimum absolute atomic E-state index is 0.0788. The summed E-state index contributed by atoms with van der Waals surface area (Å²) in [5.41, 5.74) is 2.29. The van der Waals surface area contributed by atoms with E-state index >= 15 is 0 Å². The second-order valence-corrected chi connectivity index (χ2v) is 5.70. The predicted octanol–water partition coefficient (Wildman–Crippen LogP) is 1.97. The van der Waals surface area contributed by atoms with Gasteiger partial charge in [0.2, 0.25) is 0 Å². The van der Waals surface area contributed by atoms with Crippen molar-refractivity contribution in [1.82, 2.24) is 4.90 Å². The standard InChI is InChI=1S/C15H19NOS/c1-13-12-18-9-7-16(13)11-15-5-2-4-14(10-15)6-3-8-17/h2,4-5,10,13,17H,7-9,11-12H2,1H3. The highest BCUT2D eigenvalue weighted by atomic mass is 32.2. The summed E-state index contributed by atoms with van der Waals surface area (Å²) in [6.07, 6.45) is 0. The Morgan fingerprint density at radius 3 is 3.17 bits per heavy atom. The number of hydrogen-bond acceptors (Lipinski definition) is 3. The zero-order valence-corrected chi connectivity index (χ0v) is 11.5. The van der Waals surface area contributed by atoms with Crippen LogP contribution in [0.1, 0.15) is 18.1 Å². The summed E-state index contributed by atoms with van der Waals surface area (Å²) >= 11 is 2.04. The Kier molecular flexibility index (Phi) is 5.12. The van der Waals surface area contributed by atoms with Gasteiger partial charge in [-0.3, -0.25) is 4.90 Å². The van der Waals surface area contributed by atoms with Gasteiger partial charge in [-0.15, -0.1) is 0 Å². The van der Waals surface area contributed by atoms with Crippen LogP contribution in [0.2, 0.25) is 0 Å². The van der Waals surface area contributed by atoms with Crippen molar-refractivity contribution in [1.29, 1.82) is 0 Å². The number of thioether (sulfide) groups is 1. The van der Waals surface area contributed by atoms with Crippen LogP contribution in [0.15, 0.2) is 24.3 Å². The van der Waals surface area contributed by atoms with E-state index in [2.05, 4.69) is 35.8 Å². The van der Waals surface area contributed by atoms with Gasteiger partial charge >= 0.3 is 0 Å². The number of rotatable bonds is 2. The van der Waals surface area contributed by atoms with Crippen LogP contribution in [0.3, 0.4) is 0 Å². The van der Waals surface area contributed by atoms with E-state index in [4.69, 9.17) is 5.11 Å². The molecule has 0 bridgehead atoms. The van der Waals surface area contributed by atoms with Crippen LogP contribution in [0.5, 0.6) is 0 Å². The van der Waals surface area contributed by atoms with Gasteiger partial charge in [-0.1, -0.05) is 24.0 Å². The Labute approximate surface area is 113 Å². The minimum Gasteiger partial charge on any atom is -0.384 e. The first-order valence-corrected chi connectivity index (χ1v) is 7.45. The second kappa shape index (κ2) is 6.84. The summed E-state index contributed by atoms with van der Waals surface area (Å²) in [7, 11) is 0. The van der Waals surface area contributed by atoms with Crippen LogP contribution in [0, 0.1) is 11.8 Å². The van der Waals surface area contributed by atoms with E-state index in [1.54, 1.807) is 0 Å². The summed E-state index contributed by atoms with van der Waals surface area (Å²) in [6.45, 7) is 4.38. The van der Waals surface area contributed by atoms with E-state index in [1.807, 2.05) is 23.9 Å². The van der Waals surface area contributed by atoms with Crippen molar-refractivity contribution in [2.75, 3.05) is 24.7 Å². The summed E-state index contributed by atoms with van der Waals surface area (Å²) in [6, 6.07) is 8.95. The van der Waals surface area contributed by atoms with Crippen LogP contribution in [0.25, 0.3) is 0 Å². The SMILES string of the molecule is CC1CSCCN1Cc1cccc(C#CCO)c1. The van der Waals surface area contributed by atoms with Gasteiger partial charge < -0.3 is 5.11 Å². The van der Waals surface area contributed by atoms with E-state index in [-0.39, 0.29) is 6.61 Å². The van der Waals surface area contributed by atoms with Crippen molar-refractivity contribution >= 4 is 11.8 Å². The lowest BCUT2D eigenvalue weighted by molar-refractivity contribution is 0.224. The smallest absolute Gasteiger partial charge is 0.104 e. The number of aliphatic hydroxyl groups is 1. The first kappa shape index (κ1) is 13.5. The molecule has 18 heavy (non-hydrogen) atoms. The van der Waals surface area contributed by atoms with Gasteiger partial charge in [0, 0.05) is 36.2 Å². The highest BCUT2D eigenvalue weighted by molar-refractivity contribution is 7.99. The largest absolute Gasteiger partial charge is 0.384 e. The van der Waals surface area contributed by atoms with E-state index in [0.29, 0.717) is 6.04 Å². The van der Waals surface area contributed by atoms with Crippen LogP contribution >= 0.6 is 11.8 Å². The van der Waals surface area contributed by atoms with Crippen LogP contribution in [-0.4, -0.2) is 40.7 Å². The van der Waals surface area contributed by atoms with Gasteiger partial charge in [-0.2, -0.15) is 11.8 Å². The number of hydrogen-bond donors (Lipinski definition) is 1. The summed E-state index contributed by atoms with van der Waals surface area (Å²) < 4.78 is 0. The van der Waals surface area contributed by atoms with Gasteiger partial charge in [-0.25, -0.2) is 0 Å². The molecule has 1 aliphatic heterocycles. The fraction of sp³-hybridized carbons (Fsp3) is 0.467. The van der Waals surface area contributed by atoms with Gasteiger partial charge in [0.05, 0.1) is 0 Å². The van der Waals surface area contributed by atoms with Crippen LogP contribution < -0.4 is 0 Å². The van der Waals surface area contributed by atoms with Gasteiger partial charge in [0.25, 0.3) is 0 Å². The Morgan fingerprint density at radius 1 is 1.50 bits per heavy atom. The highest BCUT2D eigenvalue weighted by Crippen LogP contribution is 2.18. The molecule has 0 saturated carbocycles. The fourth-order valence-corrected chi connectivity index (χ4v) is 3.20. The van der Waals surface area contributed by atoms with Crippen molar-refractivity contribution in [2.45, 2.75) is 19.5 Å². The molecule has 2 nitrogen and oxygen atoms in total. The lowest BCUT2D eigenvalue weighted by atomic mass is 10.1. The highest BCUT2D eigenvalue weighted by Gasteiger charge is 2.18. The molecule has 1 aliphatic rings. The third-order valence-corrected chi connectivity index (χ3v) is 4.32. The molecule has 96 valence electrons. The van der Waals surface area contributed by atoms with E-state index in [9.17, 15) is 0 Å². The summed E-state index contributed by atoms with van der Waals surface area (Å²) in [4.78, 5) is 2.52. The molecule has 1 saturated heterocycles. The third kappa shape index (κ3) is 3.78. The zero-order chi connectivity index (χ0) is 12.8. The first-order valence-electron chi connectivity index (χ1n) is 6.30. The average molecular weight is 261 g/mol. The Hall–Kier alpha value is -0.950. The maximum atomic E-state index is 8.71. The van der Waals surface area contributed by atoms with E-state index in [1.165, 1.54) is 23.6 Å². The molecule has 1 aromatic rings. The molecule has 1 N–H and O–H groups in total. The fourth-order valence-electron chi connectivity index (χ4n) is 2.12. The van der Waals surface area contributed by atoms with Crippen molar-refractivity contribution in [3.05, 3.63) is 35.4 Å². The van der Waals surface area contributed by atoms with Gasteiger partial charge in [-0.05, 0) is 24.6 Å². The molecule has 1 aromatic carbocycles. The molecular formula is C15H19NOS. The lowest BCUT2D eigenvalue weighted by Crippen LogP contribution is -2.39. The first-order chi connectivity index (χ1) is 8.79. The number of nitrogens with zero attached hydrogens (tertiary/aromatic N) is 1. The maximum absolute atomic E-state index is 8.71. The molecule has 1 heterocycles. The van der Waals surface area contributed by atoms with Crippen molar-refractivity contribution < 1.29 is 5.11 Å². The molecule has 0 amide bonds. The normalized spacial score (nSPS) is 20.2. The molecular weight excluding hydrogens is 242 g/mol. The molecule has 0 spiro atoms. The molecule has 0 radical (unpaired) electrons. The van der Waals surface area contributed by atoms with E-state index in [0.717, 1.165) is 12.1 Å². The topological polar surface area (TPSA) is 23.5 Å². The van der Waals surface area contributed by atoms with Crippen molar-refractivity contribution in [3.63, 3.8) is 0 Å². The Balaban J connectivity index is 2.04. The van der Waals surface area contributed by atoms with Crippen LogP contribution in [0.4, 0.5) is 0 Å². The van der Waals surface area contributed by atoms with Crippen molar-refractivity contribution in [3.8, 4) is 11.8 Å². The molecule has 1 fully saturated rings. The minimum atomic E-state index is -0.0788. The predicted molar refractivity (Wildman–Crippen MR) is 77.6 cm³/mol. The molecule has 0 aromatic heterocycles. The molecule has 0 aliphatic carbocycles. The molecule has 1 unspecified atom stereocenters. The molecule has 1 atom stereocenters. The molecule has 2 rings (SSSR count). The Bertz CT molecular complexity index is 449. The second-order valence-electron chi connectivity index (χ2n) is 4.55. The summed E-state index contributed by atoms with van der Waals surface area (Å²) in [5, 5.41) is 8.71. The number of benzene rings is 1. The third-order valence-electron chi connectivity index (χ3n) is 3.13. The monoisotopic (exact) mass is 261 g/mol. The van der Waals surface area contributed by atoms with Gasteiger partial charge in [0.1, 0.15) is 6.61 Å². The van der Waals surface area contributed by atoms with Crippen LogP contribution in [-0.2, 0) is 6.54 Å². The van der Waals surface area contributed by atoms with Gasteiger partial charge in [0.15, 0.2) is 0 Å². The van der Waals surface area contributed by atoms with E-state index < -0.39 is 0 Å². The van der Waals surface area contributed by atoms with Crippen molar-refractivity contribution in [2.24, 2.45) is 0 Å². The lowest BCUT2D eigenvalue weighted by Gasteiger charge is -2.33. The summed E-state index contributed by atoms with van der Waals surface area (Å²) in [5.74, 6) is 8.11. The molecule has 3 heteroatoms. The quantitative estimate of drug-likeness (QED) is 0.823.